The van der Waals surface area contributed by atoms with E-state index in [1.54, 1.807) is 23.5 Å². The van der Waals surface area contributed by atoms with Gasteiger partial charge in [-0.15, -0.1) is 21.5 Å². The minimum Gasteiger partial charge on any atom is -0.507 e. The van der Waals surface area contributed by atoms with E-state index in [-0.39, 0.29) is 42.5 Å². The number of aromatic nitrogens is 4. The Morgan fingerprint density at radius 1 is 0.914 bits per heavy atom. The third-order valence-corrected chi connectivity index (χ3v) is 16.4. The molecule has 3 aromatic heterocycles. The van der Waals surface area contributed by atoms with Crippen molar-refractivity contribution in [3.63, 3.8) is 0 Å². The number of likely N-dealkylation sites (tertiary alicyclic amines) is 3. The second-order valence-electron chi connectivity index (χ2n) is 20.2. The van der Waals surface area contributed by atoms with E-state index in [1.807, 2.05) is 75.7 Å². The lowest BCUT2D eigenvalue weighted by Gasteiger charge is -2.50. The van der Waals surface area contributed by atoms with Gasteiger partial charge in [-0.25, -0.2) is 4.98 Å². The summed E-state index contributed by atoms with van der Waals surface area (Å²) in [6.45, 7) is 17.2. The van der Waals surface area contributed by atoms with Crippen molar-refractivity contribution in [2.24, 2.45) is 5.92 Å². The van der Waals surface area contributed by atoms with E-state index in [0.717, 1.165) is 105 Å². The summed E-state index contributed by atoms with van der Waals surface area (Å²) in [5.74, 6) is 0.323. The van der Waals surface area contributed by atoms with Gasteiger partial charge in [0.1, 0.15) is 24.3 Å². The molecule has 2 aromatic carbocycles. The number of aromatic hydroxyl groups is 1. The lowest BCUT2D eigenvalue weighted by molar-refractivity contribution is -0.141. The van der Waals surface area contributed by atoms with Gasteiger partial charge < -0.3 is 44.8 Å². The highest BCUT2D eigenvalue weighted by Gasteiger charge is 2.44. The number of benzene rings is 2. The fourth-order valence-corrected chi connectivity index (χ4v) is 12.3. The quantitative estimate of drug-likeness (QED) is 0.105. The molecule has 18 heteroatoms. The Morgan fingerprint density at radius 3 is 2.41 bits per heavy atom. The van der Waals surface area contributed by atoms with Crippen molar-refractivity contribution in [3.05, 3.63) is 83.2 Å². The first-order valence-electron chi connectivity index (χ1n) is 25.2. The normalized spacial score (nSPS) is 22.6. The van der Waals surface area contributed by atoms with Crippen molar-refractivity contribution < 1.29 is 29.1 Å². The Bertz CT molecular complexity index is 2590. The number of ether oxygens (including phenoxy) is 1. The molecular formula is C52H67N11O6S. The lowest BCUT2D eigenvalue weighted by atomic mass is 9.91. The molecule has 70 heavy (non-hydrogen) atoms. The number of carbonyl (C=O) groups is 2. The first-order valence-corrected chi connectivity index (χ1v) is 26.1. The molecule has 8 heterocycles. The van der Waals surface area contributed by atoms with Crippen molar-refractivity contribution in [1.82, 2.24) is 45.3 Å². The standard InChI is InChI=1S/C52H67N11O6S/c1-32(2)48(52(67)63-30-40(64)25-44(63)51(66)55-33(3)35-9-11-36(12-10-35)49-34(4)54-31-70-49)46-27-47(58-69-46)68-24-23-59-17-13-37(14-18-59)60-19-15-38(16-20-60)61-21-22-62-39(29-61)28-53-50-43(62)26-42(56-57-50)41-7-5-6-8-45(41)65/h5-12,26-27,31-33,37-40,44,48,64-65H,13-25,28-30H2,1-4H3,(H,53,57)(H,55,66)/t33-,39-,40+,44-,48+/m0/s1. The molecular weight excluding hydrogens is 907 g/mol. The molecule has 5 aliphatic heterocycles. The molecule has 0 saturated carbocycles. The number of nitrogens with one attached hydrogen (secondary N) is 2. The van der Waals surface area contributed by atoms with E-state index in [4.69, 9.17) is 9.26 Å². The predicted octanol–water partition coefficient (Wildman–Crippen LogP) is 5.77. The fraction of sp³-hybridized carbons (Fsp3) is 0.538. The van der Waals surface area contributed by atoms with Crippen LogP contribution in [0.25, 0.3) is 21.7 Å². The maximum absolute atomic E-state index is 14.2. The summed E-state index contributed by atoms with van der Waals surface area (Å²) < 4.78 is 11.9. The van der Waals surface area contributed by atoms with Crippen LogP contribution < -0.4 is 20.3 Å². The maximum atomic E-state index is 14.2. The molecule has 5 atom stereocenters. The molecule has 372 valence electrons. The number of piperazine rings is 1. The number of thiazole rings is 1. The molecule has 5 aromatic rings. The monoisotopic (exact) mass is 973 g/mol. The zero-order chi connectivity index (χ0) is 48.5. The Morgan fingerprint density at radius 2 is 1.67 bits per heavy atom. The number of aryl methyl sites for hydroxylation is 1. The van der Waals surface area contributed by atoms with Crippen LogP contribution in [0, 0.1) is 12.8 Å². The van der Waals surface area contributed by atoms with Gasteiger partial charge in [0, 0.05) is 69.4 Å². The number of hydrogen-bond acceptors (Lipinski definition) is 16. The third-order valence-electron chi connectivity index (χ3n) is 15.4. The van der Waals surface area contributed by atoms with Crippen LogP contribution in [0.1, 0.15) is 81.9 Å². The second-order valence-corrected chi connectivity index (χ2v) is 21.1. The molecule has 0 bridgehead atoms. The van der Waals surface area contributed by atoms with Crippen LogP contribution in [0.4, 0.5) is 11.5 Å². The van der Waals surface area contributed by atoms with Crippen LogP contribution in [-0.2, 0) is 9.59 Å². The smallest absolute Gasteiger partial charge is 0.254 e. The Labute approximate surface area is 414 Å². The number of phenols is 1. The van der Waals surface area contributed by atoms with Crippen molar-refractivity contribution >= 4 is 34.7 Å². The highest BCUT2D eigenvalue weighted by Crippen LogP contribution is 2.38. The van der Waals surface area contributed by atoms with E-state index in [2.05, 4.69) is 56.6 Å². The number of nitrogens with zero attached hydrogens (tertiary/aromatic N) is 9. The minimum absolute atomic E-state index is 0.0681. The third kappa shape index (κ3) is 10.2. The van der Waals surface area contributed by atoms with E-state index < -0.39 is 18.1 Å². The van der Waals surface area contributed by atoms with Crippen LogP contribution >= 0.6 is 11.3 Å². The van der Waals surface area contributed by atoms with Crippen molar-refractivity contribution in [2.45, 2.75) is 102 Å². The molecule has 17 nitrogen and oxygen atoms in total. The van der Waals surface area contributed by atoms with Gasteiger partial charge in [0.25, 0.3) is 5.88 Å². The van der Waals surface area contributed by atoms with Gasteiger partial charge in [0.15, 0.2) is 11.6 Å². The van der Waals surface area contributed by atoms with Gasteiger partial charge in [-0.1, -0.05) is 50.2 Å². The molecule has 0 spiro atoms. The molecule has 4 N–H and O–H groups in total. The number of carbonyl (C=O) groups excluding carboxylic acids is 2. The number of piperidine rings is 2. The number of para-hydroxylation sites is 1. The highest BCUT2D eigenvalue weighted by molar-refractivity contribution is 7.13. The number of aliphatic hydroxyl groups excluding tert-OH is 1. The summed E-state index contributed by atoms with van der Waals surface area (Å²) in [6.07, 6.45) is 4.01. The van der Waals surface area contributed by atoms with Crippen molar-refractivity contribution in [3.8, 4) is 33.3 Å². The topological polar surface area (TPSA) is 189 Å². The van der Waals surface area contributed by atoms with Crippen molar-refractivity contribution in [2.75, 3.05) is 82.3 Å². The number of anilines is 2. The van der Waals surface area contributed by atoms with E-state index in [0.29, 0.717) is 47.6 Å². The first kappa shape index (κ1) is 48.0. The summed E-state index contributed by atoms with van der Waals surface area (Å²) in [7, 11) is 0. The Balaban J connectivity index is 0.656. The van der Waals surface area contributed by atoms with Crippen LogP contribution in [0.5, 0.6) is 11.6 Å². The molecule has 2 amide bonds. The Hall–Kier alpha value is -5.66. The van der Waals surface area contributed by atoms with Gasteiger partial charge in [-0.3, -0.25) is 19.4 Å². The number of amides is 2. The predicted molar refractivity (Wildman–Crippen MR) is 269 cm³/mol. The van der Waals surface area contributed by atoms with Gasteiger partial charge in [0.05, 0.1) is 45.7 Å². The second kappa shape index (κ2) is 21.0. The largest absolute Gasteiger partial charge is 0.507 e. The van der Waals surface area contributed by atoms with Gasteiger partial charge in [-0.2, -0.15) is 0 Å². The average Bonchev–Trinajstić information content (AvgIpc) is 4.14. The molecule has 4 fully saturated rings. The molecule has 0 unspecified atom stereocenters. The summed E-state index contributed by atoms with van der Waals surface area (Å²) in [4.78, 5) is 45.4. The first-order chi connectivity index (χ1) is 34.0. The van der Waals surface area contributed by atoms with Gasteiger partial charge in [0.2, 0.25) is 11.8 Å². The molecule has 0 aliphatic carbocycles. The lowest BCUT2D eigenvalue weighted by Crippen LogP contribution is -2.61. The van der Waals surface area contributed by atoms with Crippen molar-refractivity contribution in [1.29, 1.82) is 0 Å². The minimum atomic E-state index is -0.814. The summed E-state index contributed by atoms with van der Waals surface area (Å²) >= 11 is 1.60. The number of aliphatic hydroxyl groups is 1. The van der Waals surface area contributed by atoms with Crippen LogP contribution in [0.2, 0.25) is 0 Å². The Kier molecular flexibility index (Phi) is 14.4. The SMILES string of the molecule is Cc1ncsc1-c1ccc([C@H](C)NC(=O)[C@@H]2C[C@@H](O)CN2C(=O)[C@@H](c2cc(OCCN3CCC(N4CCC(N5CCN6c7cc(-c8ccccc8O)nnc7NC[C@H]6C5)CC4)CC3)no2)C(C)C)cc1. The summed E-state index contributed by atoms with van der Waals surface area (Å²) in [6, 6.07) is 19.6. The van der Waals surface area contributed by atoms with E-state index in [9.17, 15) is 19.8 Å². The molecule has 0 radical (unpaired) electrons. The maximum Gasteiger partial charge on any atom is 0.254 e. The molecule has 5 aliphatic rings. The van der Waals surface area contributed by atoms with Crippen LogP contribution in [-0.4, -0.2) is 164 Å². The number of β-amino-alcohol motifs (C(OH)–C–C–N with tert-alkyl or cyclic N) is 1. The highest BCUT2D eigenvalue weighted by atomic mass is 32.1. The van der Waals surface area contributed by atoms with E-state index in [1.165, 1.54) is 17.7 Å². The summed E-state index contributed by atoms with van der Waals surface area (Å²) in [5.41, 5.74) is 7.29. The number of phenolic OH excluding ortho intramolecular Hbond substituents is 1. The fourth-order valence-electron chi connectivity index (χ4n) is 11.5. The molecule has 4 saturated heterocycles. The zero-order valence-corrected chi connectivity index (χ0v) is 41.6. The number of hydrogen-bond donors (Lipinski definition) is 4. The molecule has 10 rings (SSSR count). The van der Waals surface area contributed by atoms with Crippen LogP contribution in [0.15, 0.2) is 70.7 Å². The van der Waals surface area contributed by atoms with Gasteiger partial charge in [-0.05, 0) is 106 Å². The van der Waals surface area contributed by atoms with Gasteiger partial charge >= 0.3 is 0 Å². The zero-order valence-electron chi connectivity index (χ0n) is 40.7. The number of fused-ring (bicyclic) bond motifs is 3. The van der Waals surface area contributed by atoms with Crippen LogP contribution in [0.3, 0.4) is 0 Å². The van der Waals surface area contributed by atoms with E-state index >= 15 is 0 Å². The summed E-state index contributed by atoms with van der Waals surface area (Å²) in [5, 5.41) is 40.9. The number of rotatable bonds is 14. The average molecular weight is 974 g/mol.